The molecule has 0 aliphatic heterocycles. The fourth-order valence-electron chi connectivity index (χ4n) is 3.64. The van der Waals surface area contributed by atoms with Crippen LogP contribution in [0.5, 0.6) is 0 Å². The van der Waals surface area contributed by atoms with Crippen molar-refractivity contribution in [2.75, 3.05) is 13.7 Å². The van der Waals surface area contributed by atoms with Crippen LogP contribution in [0.15, 0.2) is 12.3 Å². The first-order chi connectivity index (χ1) is 10.3. The van der Waals surface area contributed by atoms with Crippen LogP contribution in [-0.2, 0) is 11.3 Å². The molecule has 0 spiro atoms. The van der Waals surface area contributed by atoms with Crippen molar-refractivity contribution < 1.29 is 4.74 Å². The van der Waals surface area contributed by atoms with Gasteiger partial charge in [0.25, 0.3) is 0 Å². The Morgan fingerprint density at radius 1 is 1.29 bits per heavy atom. The number of aromatic nitrogens is 2. The molecular weight excluding hydrogens is 262 g/mol. The molecule has 1 aromatic heterocycles. The zero-order valence-electron chi connectivity index (χ0n) is 13.9. The van der Waals surface area contributed by atoms with Gasteiger partial charge in [-0.15, -0.1) is 0 Å². The Morgan fingerprint density at radius 2 is 2.00 bits per heavy atom. The zero-order chi connectivity index (χ0) is 15.1. The van der Waals surface area contributed by atoms with E-state index in [0.29, 0.717) is 0 Å². The highest BCUT2D eigenvalue weighted by molar-refractivity contribution is 5.14. The van der Waals surface area contributed by atoms with Crippen LogP contribution >= 0.6 is 0 Å². The summed E-state index contributed by atoms with van der Waals surface area (Å²) in [5, 5.41) is 8.22. The Balaban J connectivity index is 2.32. The van der Waals surface area contributed by atoms with Gasteiger partial charge in [-0.1, -0.05) is 32.6 Å². The second-order valence-corrected chi connectivity index (χ2v) is 6.14. The number of ether oxygens (including phenoxy) is 1. The highest BCUT2D eigenvalue weighted by Gasteiger charge is 2.41. The molecule has 0 saturated heterocycles. The minimum absolute atomic E-state index is 0.0847. The second-order valence-electron chi connectivity index (χ2n) is 6.14. The maximum absolute atomic E-state index is 6.14. The minimum Gasteiger partial charge on any atom is -0.376 e. The Hall–Kier alpha value is -0.870. The molecule has 1 atom stereocenters. The SMILES string of the molecule is CCCNC(c1ccnn1CC)C1(OC)CCCCCC1. The van der Waals surface area contributed by atoms with E-state index in [1.807, 2.05) is 13.3 Å². The summed E-state index contributed by atoms with van der Waals surface area (Å²) in [5.41, 5.74) is 1.19. The maximum Gasteiger partial charge on any atom is 0.0887 e. The van der Waals surface area contributed by atoms with Gasteiger partial charge < -0.3 is 10.1 Å². The van der Waals surface area contributed by atoms with E-state index in [1.54, 1.807) is 0 Å². The van der Waals surface area contributed by atoms with Crippen molar-refractivity contribution in [2.24, 2.45) is 0 Å². The lowest BCUT2D eigenvalue weighted by atomic mass is 9.84. The highest BCUT2D eigenvalue weighted by Crippen LogP contribution is 2.40. The molecule has 0 radical (unpaired) electrons. The zero-order valence-corrected chi connectivity index (χ0v) is 13.9. The first kappa shape index (κ1) is 16.5. The van der Waals surface area contributed by atoms with Crippen molar-refractivity contribution in [1.82, 2.24) is 15.1 Å². The average Bonchev–Trinajstić information content (AvgIpc) is 2.84. The molecule has 0 aromatic carbocycles. The van der Waals surface area contributed by atoms with E-state index < -0.39 is 0 Å². The summed E-state index contributed by atoms with van der Waals surface area (Å²) in [6.45, 7) is 6.30. The van der Waals surface area contributed by atoms with Crippen molar-refractivity contribution in [3.63, 3.8) is 0 Å². The van der Waals surface area contributed by atoms with Crippen LogP contribution in [-0.4, -0.2) is 29.0 Å². The lowest BCUT2D eigenvalue weighted by Crippen LogP contribution is -2.46. The maximum atomic E-state index is 6.14. The van der Waals surface area contributed by atoms with Crippen molar-refractivity contribution in [2.45, 2.75) is 77.0 Å². The van der Waals surface area contributed by atoms with Gasteiger partial charge in [0.05, 0.1) is 17.3 Å². The minimum atomic E-state index is -0.0847. The summed E-state index contributed by atoms with van der Waals surface area (Å²) in [6, 6.07) is 2.39. The van der Waals surface area contributed by atoms with Gasteiger partial charge >= 0.3 is 0 Å². The van der Waals surface area contributed by atoms with Gasteiger partial charge in [-0.2, -0.15) is 5.10 Å². The molecule has 1 heterocycles. The summed E-state index contributed by atoms with van der Waals surface area (Å²) < 4.78 is 8.25. The Morgan fingerprint density at radius 3 is 2.57 bits per heavy atom. The number of hydrogen-bond donors (Lipinski definition) is 1. The molecule has 21 heavy (non-hydrogen) atoms. The van der Waals surface area contributed by atoms with Crippen molar-refractivity contribution in [3.05, 3.63) is 18.0 Å². The summed E-state index contributed by atoms with van der Waals surface area (Å²) in [6.07, 6.45) is 10.5. The molecule has 1 unspecified atom stereocenters. The largest absolute Gasteiger partial charge is 0.376 e. The number of methoxy groups -OCH3 is 1. The predicted molar refractivity (Wildman–Crippen MR) is 86.4 cm³/mol. The lowest BCUT2D eigenvalue weighted by Gasteiger charge is -2.40. The number of rotatable bonds is 7. The summed E-state index contributed by atoms with van der Waals surface area (Å²) in [4.78, 5) is 0. The van der Waals surface area contributed by atoms with E-state index in [9.17, 15) is 0 Å². The first-order valence-electron chi connectivity index (χ1n) is 8.57. The van der Waals surface area contributed by atoms with E-state index in [4.69, 9.17) is 4.74 Å². The molecular formula is C17H31N3O. The van der Waals surface area contributed by atoms with Gasteiger partial charge in [-0.25, -0.2) is 0 Å². The molecule has 1 N–H and O–H groups in total. The van der Waals surface area contributed by atoms with Gasteiger partial charge in [0.1, 0.15) is 0 Å². The van der Waals surface area contributed by atoms with E-state index in [2.05, 4.69) is 35.0 Å². The molecule has 1 aliphatic rings. The molecule has 1 aliphatic carbocycles. The van der Waals surface area contributed by atoms with Crippen LogP contribution in [0.25, 0.3) is 0 Å². The van der Waals surface area contributed by atoms with E-state index in [-0.39, 0.29) is 11.6 Å². The van der Waals surface area contributed by atoms with Gasteiger partial charge in [-0.05, 0) is 38.8 Å². The van der Waals surface area contributed by atoms with E-state index >= 15 is 0 Å². The summed E-state index contributed by atoms with van der Waals surface area (Å²) in [5.74, 6) is 0. The molecule has 2 rings (SSSR count). The van der Waals surface area contributed by atoms with Crippen LogP contribution in [0, 0.1) is 0 Å². The topological polar surface area (TPSA) is 39.1 Å². The Labute approximate surface area is 129 Å². The normalized spacial score (nSPS) is 20.1. The number of nitrogens with zero attached hydrogens (tertiary/aromatic N) is 2. The molecule has 0 amide bonds. The smallest absolute Gasteiger partial charge is 0.0887 e. The molecule has 1 saturated carbocycles. The predicted octanol–water partition coefficient (Wildman–Crippen LogP) is 3.68. The summed E-state index contributed by atoms with van der Waals surface area (Å²) in [7, 11) is 1.89. The van der Waals surface area contributed by atoms with Crippen LogP contribution in [0.4, 0.5) is 0 Å². The third-order valence-corrected chi connectivity index (χ3v) is 4.83. The van der Waals surface area contributed by atoms with Crippen LogP contribution in [0.1, 0.15) is 70.5 Å². The Bertz CT molecular complexity index is 408. The quantitative estimate of drug-likeness (QED) is 0.779. The summed E-state index contributed by atoms with van der Waals surface area (Å²) >= 11 is 0. The van der Waals surface area contributed by atoms with Gasteiger partial charge in [-0.3, -0.25) is 4.68 Å². The molecule has 4 nitrogen and oxygen atoms in total. The van der Waals surface area contributed by atoms with Gasteiger partial charge in [0.15, 0.2) is 0 Å². The number of aryl methyl sites for hydroxylation is 1. The first-order valence-corrected chi connectivity index (χ1v) is 8.57. The van der Waals surface area contributed by atoms with Crippen LogP contribution in [0.2, 0.25) is 0 Å². The molecule has 1 aromatic rings. The van der Waals surface area contributed by atoms with Crippen LogP contribution in [0.3, 0.4) is 0 Å². The van der Waals surface area contributed by atoms with Gasteiger partial charge in [0.2, 0.25) is 0 Å². The van der Waals surface area contributed by atoms with E-state index in [0.717, 1.165) is 32.4 Å². The fourth-order valence-corrected chi connectivity index (χ4v) is 3.64. The van der Waals surface area contributed by atoms with Crippen molar-refractivity contribution in [3.8, 4) is 0 Å². The molecule has 0 bridgehead atoms. The molecule has 1 fully saturated rings. The standard InChI is InChI=1S/C17H31N3O/c1-4-13-18-16(15-10-14-19-20(15)5-2)17(21-3)11-8-6-7-9-12-17/h10,14,16,18H,4-9,11-13H2,1-3H3. The lowest BCUT2D eigenvalue weighted by molar-refractivity contribution is -0.0560. The van der Waals surface area contributed by atoms with E-state index in [1.165, 1.54) is 31.4 Å². The third-order valence-electron chi connectivity index (χ3n) is 4.83. The number of nitrogens with one attached hydrogen (secondary N) is 1. The monoisotopic (exact) mass is 293 g/mol. The Kier molecular flexibility index (Phi) is 6.24. The molecule has 4 heteroatoms. The molecule has 120 valence electrons. The fraction of sp³-hybridized carbons (Fsp3) is 0.824. The number of hydrogen-bond acceptors (Lipinski definition) is 3. The van der Waals surface area contributed by atoms with Gasteiger partial charge in [0, 0.05) is 19.9 Å². The highest BCUT2D eigenvalue weighted by atomic mass is 16.5. The van der Waals surface area contributed by atoms with Crippen LogP contribution < -0.4 is 5.32 Å². The average molecular weight is 293 g/mol. The second kappa shape index (κ2) is 7.95. The third kappa shape index (κ3) is 3.67. The van der Waals surface area contributed by atoms with Crippen molar-refractivity contribution >= 4 is 0 Å². The van der Waals surface area contributed by atoms with Crippen molar-refractivity contribution in [1.29, 1.82) is 0 Å².